The third-order valence-corrected chi connectivity index (χ3v) is 19.6. The van der Waals surface area contributed by atoms with E-state index in [-0.39, 0.29) is 0 Å². The minimum Gasteiger partial charge on any atom is -0.493 e. The second-order valence-corrected chi connectivity index (χ2v) is 28.3. The first-order valence-electron chi connectivity index (χ1n) is 40.7. The number of hydrogen-bond donors (Lipinski definition) is 0. The van der Waals surface area contributed by atoms with Crippen molar-refractivity contribution < 1.29 is 18.9 Å². The van der Waals surface area contributed by atoms with E-state index in [0.717, 1.165) is 187 Å². The van der Waals surface area contributed by atoms with E-state index < -0.39 is 0 Å². The van der Waals surface area contributed by atoms with E-state index in [1.807, 2.05) is 72.8 Å². The smallest absolute Gasteiger partial charge is 0.135 e. The summed E-state index contributed by atoms with van der Waals surface area (Å²) in [5.41, 5.74) is 17.8. The molecule has 0 aliphatic carbocycles. The van der Waals surface area contributed by atoms with Gasteiger partial charge < -0.3 is 18.9 Å². The molecule has 5 aromatic carbocycles. The topological polar surface area (TPSA) is 114 Å². The van der Waals surface area contributed by atoms with Crippen molar-refractivity contribution >= 4 is 24.3 Å². The van der Waals surface area contributed by atoms with E-state index in [4.69, 9.17) is 28.9 Å². The van der Waals surface area contributed by atoms with Gasteiger partial charge in [0.05, 0.1) is 83.1 Å². The summed E-state index contributed by atoms with van der Waals surface area (Å²) in [7, 11) is 0. The van der Waals surface area contributed by atoms with E-state index >= 15 is 0 Å². The lowest BCUT2D eigenvalue weighted by Gasteiger charge is -2.15. The normalized spacial score (nSPS) is 11.2. The van der Waals surface area contributed by atoms with Gasteiger partial charge in [-0.2, -0.15) is 0 Å². The number of hydrogen-bond acceptors (Lipinski definition) is 10. The molecule has 0 unspecified atom stereocenters. The molecule has 0 fully saturated rings. The Hall–Kier alpha value is -11.2. The van der Waals surface area contributed by atoms with E-state index in [0.29, 0.717) is 26.4 Å². The zero-order chi connectivity index (χ0) is 75.8. The van der Waals surface area contributed by atoms with Crippen molar-refractivity contribution in [3.05, 3.63) is 263 Å². The summed E-state index contributed by atoms with van der Waals surface area (Å²) < 4.78 is 27.0. The summed E-state index contributed by atoms with van der Waals surface area (Å²) in [5.74, 6) is 17.2. The van der Waals surface area contributed by atoms with Gasteiger partial charge in [0.2, 0.25) is 0 Å². The van der Waals surface area contributed by atoms with Crippen LogP contribution < -0.4 is 18.9 Å². The van der Waals surface area contributed by atoms with Crippen LogP contribution >= 0.6 is 0 Å². The summed E-state index contributed by atoms with van der Waals surface area (Å²) in [4.78, 5) is 28.5. The van der Waals surface area contributed by atoms with Gasteiger partial charge in [0.25, 0.3) is 0 Å². The third kappa shape index (κ3) is 25.5. The molecule has 562 valence electrons. The van der Waals surface area contributed by atoms with Crippen LogP contribution in [-0.2, 0) is 0 Å². The number of nitrogens with zero attached hydrogens (tertiary/aromatic N) is 6. The first-order valence-corrected chi connectivity index (χ1v) is 40.7. The van der Waals surface area contributed by atoms with Gasteiger partial charge in [-0.15, -0.1) is 0 Å². The van der Waals surface area contributed by atoms with Crippen molar-refractivity contribution in [3.63, 3.8) is 0 Å². The molecule has 10 nitrogen and oxygen atoms in total. The lowest BCUT2D eigenvalue weighted by molar-refractivity contribution is 0.295. The highest BCUT2D eigenvalue weighted by atomic mass is 16.5. The first kappa shape index (κ1) is 79.8. The fourth-order valence-corrected chi connectivity index (χ4v) is 13.2. The van der Waals surface area contributed by atoms with Crippen molar-refractivity contribution in [2.45, 2.75) is 182 Å². The Balaban J connectivity index is 0.865. The maximum atomic E-state index is 6.77. The largest absolute Gasteiger partial charge is 0.493 e. The van der Waals surface area contributed by atoms with Crippen molar-refractivity contribution in [1.82, 2.24) is 29.9 Å². The summed E-state index contributed by atoms with van der Waals surface area (Å²) in [6.07, 6.45) is 43.9. The molecule has 0 radical (unpaired) electrons. The van der Waals surface area contributed by atoms with E-state index in [1.165, 1.54) is 103 Å². The van der Waals surface area contributed by atoms with Gasteiger partial charge in [-0.05, 0) is 168 Å². The minimum atomic E-state index is 0.603. The van der Waals surface area contributed by atoms with Gasteiger partial charge >= 0.3 is 0 Å². The summed E-state index contributed by atoms with van der Waals surface area (Å²) >= 11 is 0. The van der Waals surface area contributed by atoms with Gasteiger partial charge in [0, 0.05) is 59.2 Å². The maximum Gasteiger partial charge on any atom is 0.135 e. The highest BCUT2D eigenvalue weighted by Gasteiger charge is 2.17. The molecule has 0 aliphatic heterocycles. The molecule has 6 aromatic heterocycles. The predicted octanol–water partition coefficient (Wildman–Crippen LogP) is 26.2. The van der Waals surface area contributed by atoms with Crippen LogP contribution in [0, 0.1) is 23.7 Å². The van der Waals surface area contributed by atoms with E-state index in [9.17, 15) is 0 Å². The fraction of sp³-hybridized carbons (Fsp3) is 0.320. The molecule has 0 saturated carbocycles. The van der Waals surface area contributed by atoms with Crippen molar-refractivity contribution in [2.24, 2.45) is 0 Å². The Bertz CT molecular complexity index is 4350. The molecule has 10 heteroatoms. The second-order valence-electron chi connectivity index (χ2n) is 28.3. The number of ether oxygens (including phenoxy) is 4. The van der Waals surface area contributed by atoms with Crippen LogP contribution in [0.1, 0.15) is 226 Å². The molecule has 0 saturated heterocycles. The Morgan fingerprint density at radius 2 is 0.545 bits per heavy atom. The first-order chi connectivity index (χ1) is 54.4. The number of rotatable bonds is 42. The van der Waals surface area contributed by atoms with Crippen LogP contribution in [-0.4, -0.2) is 56.3 Å². The van der Waals surface area contributed by atoms with E-state index in [2.05, 4.69) is 217 Å². The van der Waals surface area contributed by atoms with Crippen LogP contribution in [0.25, 0.3) is 92.1 Å². The molecule has 0 spiro atoms. The molecular formula is C100H108N6O4. The molecule has 0 aliphatic rings. The molecular weight excluding hydrogens is 1350 g/mol. The van der Waals surface area contributed by atoms with Gasteiger partial charge in [-0.3, -0.25) is 19.9 Å². The number of unbranched alkanes of at least 4 members (excludes halogenated alkanes) is 20. The minimum absolute atomic E-state index is 0.603. The summed E-state index contributed by atoms with van der Waals surface area (Å²) in [6.45, 7) is 11.5. The van der Waals surface area contributed by atoms with Crippen LogP contribution in [0.3, 0.4) is 0 Å². The van der Waals surface area contributed by atoms with Crippen LogP contribution in [0.2, 0.25) is 0 Å². The van der Waals surface area contributed by atoms with Gasteiger partial charge in [-0.1, -0.05) is 277 Å². The van der Waals surface area contributed by atoms with E-state index in [1.54, 1.807) is 24.8 Å². The number of pyridine rings is 6. The Morgan fingerprint density at radius 1 is 0.255 bits per heavy atom. The van der Waals surface area contributed by atoms with Crippen molar-refractivity contribution in [1.29, 1.82) is 0 Å². The van der Waals surface area contributed by atoms with Gasteiger partial charge in [0.1, 0.15) is 23.0 Å². The standard InChI is InChI=1S/C100H108N6O4/c1-5-9-13-17-21-33-65-107-97-75-85(59-51-79-45-53-81(54-46-79)87-69-93(89-37-25-29-61-101-89)105-94(70-87)90-38-26-30-62-102-90)99(109-67-35-23-19-15-11-7-3)73-83(97)57-49-77-41-43-78(44-42-77)50-58-84-74-100(110-68-36-24-20-16-12-8-4)86(76-98(84)108-66-34-22-18-14-10-6-2)60-52-80-47-55-82(56-48-80)88-71-95(91-39-27-31-63-103-91)106-96(72-88)92-40-28-32-64-104-92/h25-32,37-50,53-58,61-64,69-76H,5-24,33-36,65-68H2,1-4H3/b57-49+,58-50+. The average molecular weight is 1460 g/mol. The lowest BCUT2D eigenvalue weighted by Crippen LogP contribution is -2.03. The van der Waals surface area contributed by atoms with Crippen molar-refractivity contribution in [3.8, 4) is 114 Å². The Kier molecular flexibility index (Phi) is 32.6. The summed E-state index contributed by atoms with van der Waals surface area (Å²) in [6, 6.07) is 65.9. The molecule has 0 amide bonds. The molecule has 11 rings (SSSR count). The summed E-state index contributed by atoms with van der Waals surface area (Å²) in [5, 5.41) is 0. The molecule has 110 heavy (non-hydrogen) atoms. The molecule has 0 N–H and O–H groups in total. The Morgan fingerprint density at radius 3 is 0.836 bits per heavy atom. The number of benzene rings is 5. The maximum absolute atomic E-state index is 6.77. The molecule has 11 aromatic rings. The second kappa shape index (κ2) is 44.9. The quantitative estimate of drug-likeness (QED) is 0.0208. The molecule has 0 bridgehead atoms. The van der Waals surface area contributed by atoms with Crippen LogP contribution in [0.4, 0.5) is 0 Å². The molecule has 6 heterocycles. The zero-order valence-corrected chi connectivity index (χ0v) is 65.2. The SMILES string of the molecule is CCCCCCCCOc1cc(/C=C/c2ccc(/C=C/c3cc(OCCCCCCCC)c(C#Cc4ccc(-c5cc(-c6ccccn6)nc(-c6ccccn6)c5)cc4)cc3OCCCCCCCC)cc2)c(OCCCCCCCC)cc1C#Cc1ccc(-c2cc(-c3ccccn3)nc(-c3ccccn3)c2)cc1. The predicted molar refractivity (Wildman–Crippen MR) is 457 cm³/mol. The average Bonchev–Trinajstić information content (AvgIpc) is 0.815. The van der Waals surface area contributed by atoms with Crippen LogP contribution in [0.5, 0.6) is 23.0 Å². The van der Waals surface area contributed by atoms with Gasteiger partial charge in [0.15, 0.2) is 0 Å². The lowest BCUT2D eigenvalue weighted by atomic mass is 10.0. The number of aromatic nitrogens is 6. The highest BCUT2D eigenvalue weighted by molar-refractivity contribution is 5.80. The highest BCUT2D eigenvalue weighted by Crippen LogP contribution is 2.36. The van der Waals surface area contributed by atoms with Gasteiger partial charge in [-0.25, -0.2) is 9.97 Å². The third-order valence-electron chi connectivity index (χ3n) is 19.6. The van der Waals surface area contributed by atoms with Crippen molar-refractivity contribution in [2.75, 3.05) is 26.4 Å². The monoisotopic (exact) mass is 1460 g/mol. The Labute approximate surface area is 655 Å². The van der Waals surface area contributed by atoms with Crippen LogP contribution in [0.15, 0.2) is 219 Å². The molecule has 0 atom stereocenters. The zero-order valence-electron chi connectivity index (χ0n) is 65.2. The fourth-order valence-electron chi connectivity index (χ4n) is 13.2.